The molecule has 0 fully saturated rings. The van der Waals surface area contributed by atoms with E-state index in [0.29, 0.717) is 5.92 Å². The Morgan fingerprint density at radius 1 is 1.16 bits per heavy atom. The third-order valence-corrected chi connectivity index (χ3v) is 5.67. The Labute approximate surface area is 134 Å². The molecule has 0 saturated carbocycles. The molecule has 0 saturated heterocycles. The molecular formula is C15H13Br2NS. The van der Waals surface area contributed by atoms with Gasteiger partial charge >= 0.3 is 0 Å². The lowest BCUT2D eigenvalue weighted by Crippen LogP contribution is -2.12. The van der Waals surface area contributed by atoms with Gasteiger partial charge in [-0.3, -0.25) is 0 Å². The van der Waals surface area contributed by atoms with Gasteiger partial charge in [0.1, 0.15) is 0 Å². The van der Waals surface area contributed by atoms with E-state index in [-0.39, 0.29) is 0 Å². The first-order valence-electron chi connectivity index (χ1n) is 6.14. The summed E-state index contributed by atoms with van der Waals surface area (Å²) in [7, 11) is 0. The predicted molar refractivity (Wildman–Crippen MR) is 90.2 cm³/mol. The summed E-state index contributed by atoms with van der Waals surface area (Å²) in [6.45, 7) is 0.976. The molecule has 1 heterocycles. The van der Waals surface area contributed by atoms with Crippen molar-refractivity contribution in [3.63, 3.8) is 0 Å². The molecule has 0 bridgehead atoms. The van der Waals surface area contributed by atoms with Crippen LogP contribution in [0.15, 0.2) is 56.3 Å². The van der Waals surface area contributed by atoms with Crippen molar-refractivity contribution in [2.45, 2.75) is 10.8 Å². The van der Waals surface area contributed by atoms with Gasteiger partial charge in [-0.1, -0.05) is 34.1 Å². The van der Waals surface area contributed by atoms with Gasteiger partial charge < -0.3 is 5.32 Å². The van der Waals surface area contributed by atoms with E-state index in [4.69, 9.17) is 0 Å². The number of anilines is 1. The minimum atomic E-state index is 0.594. The molecule has 0 radical (unpaired) electrons. The van der Waals surface area contributed by atoms with E-state index in [9.17, 15) is 0 Å². The van der Waals surface area contributed by atoms with Gasteiger partial charge in [0.25, 0.3) is 0 Å². The third-order valence-electron chi connectivity index (χ3n) is 3.27. The molecule has 1 unspecified atom stereocenters. The molecule has 0 aromatic heterocycles. The molecule has 3 rings (SSSR count). The molecule has 4 heteroatoms. The van der Waals surface area contributed by atoms with Crippen molar-refractivity contribution in [2.75, 3.05) is 17.6 Å². The van der Waals surface area contributed by atoms with Crippen LogP contribution in [0.25, 0.3) is 0 Å². The second kappa shape index (κ2) is 5.90. The molecule has 98 valence electrons. The van der Waals surface area contributed by atoms with E-state index < -0.39 is 0 Å². The summed E-state index contributed by atoms with van der Waals surface area (Å²) in [6.07, 6.45) is 0. The lowest BCUT2D eigenvalue weighted by molar-refractivity contribution is 0.818. The van der Waals surface area contributed by atoms with Gasteiger partial charge in [0, 0.05) is 37.7 Å². The van der Waals surface area contributed by atoms with Gasteiger partial charge in [-0.2, -0.15) is 0 Å². The zero-order valence-electron chi connectivity index (χ0n) is 10.2. The molecule has 2 aromatic carbocycles. The summed E-state index contributed by atoms with van der Waals surface area (Å²) in [5.74, 6) is 1.76. The highest BCUT2D eigenvalue weighted by Crippen LogP contribution is 2.39. The lowest BCUT2D eigenvalue weighted by Gasteiger charge is -2.14. The standard InChI is InChI=1S/C15H13Br2NS/c16-11-5-6-14(13(17)7-11)18-8-10-9-19-15-4-2-1-3-12(10)15/h1-7,10,18H,8-9H2. The van der Waals surface area contributed by atoms with Crippen LogP contribution in [0.5, 0.6) is 0 Å². The summed E-state index contributed by atoms with van der Waals surface area (Å²) >= 11 is 9.02. The van der Waals surface area contributed by atoms with Crippen molar-refractivity contribution in [3.8, 4) is 0 Å². The summed E-state index contributed by atoms with van der Waals surface area (Å²) in [6, 6.07) is 14.9. The van der Waals surface area contributed by atoms with Crippen LogP contribution in [-0.2, 0) is 0 Å². The van der Waals surface area contributed by atoms with E-state index in [1.165, 1.54) is 16.2 Å². The quantitative estimate of drug-likeness (QED) is 0.731. The Balaban J connectivity index is 1.71. The third kappa shape index (κ3) is 3.01. The first-order chi connectivity index (χ1) is 9.24. The van der Waals surface area contributed by atoms with Crippen LogP contribution in [0, 0.1) is 0 Å². The zero-order valence-corrected chi connectivity index (χ0v) is 14.2. The molecule has 1 N–H and O–H groups in total. The highest BCUT2D eigenvalue weighted by atomic mass is 79.9. The van der Waals surface area contributed by atoms with Gasteiger partial charge in [-0.15, -0.1) is 11.8 Å². The Morgan fingerprint density at radius 3 is 2.84 bits per heavy atom. The Morgan fingerprint density at radius 2 is 2.00 bits per heavy atom. The Hall–Kier alpha value is -0.450. The number of hydrogen-bond acceptors (Lipinski definition) is 2. The maximum Gasteiger partial charge on any atom is 0.0485 e. The van der Waals surface area contributed by atoms with Crippen molar-refractivity contribution in [3.05, 3.63) is 57.0 Å². The van der Waals surface area contributed by atoms with Gasteiger partial charge in [0.2, 0.25) is 0 Å². The monoisotopic (exact) mass is 397 g/mol. The van der Waals surface area contributed by atoms with Crippen LogP contribution < -0.4 is 5.32 Å². The maximum absolute atomic E-state index is 3.59. The van der Waals surface area contributed by atoms with Gasteiger partial charge in [0.05, 0.1) is 0 Å². The molecule has 0 amide bonds. The van der Waals surface area contributed by atoms with Crippen molar-refractivity contribution >= 4 is 49.3 Å². The lowest BCUT2D eigenvalue weighted by atomic mass is 10.0. The SMILES string of the molecule is Brc1ccc(NCC2CSc3ccccc32)c(Br)c1. The molecule has 1 atom stereocenters. The molecule has 2 aromatic rings. The molecule has 1 nitrogen and oxygen atoms in total. The summed E-state index contributed by atoms with van der Waals surface area (Å²) < 4.78 is 2.19. The Bertz CT molecular complexity index is 600. The average Bonchev–Trinajstić information content (AvgIpc) is 2.81. The second-order valence-electron chi connectivity index (χ2n) is 4.55. The number of halogens is 2. The largest absolute Gasteiger partial charge is 0.383 e. The number of hydrogen-bond donors (Lipinski definition) is 1. The highest BCUT2D eigenvalue weighted by molar-refractivity contribution is 9.11. The van der Waals surface area contributed by atoms with Gasteiger partial charge in [-0.05, 0) is 45.8 Å². The van der Waals surface area contributed by atoms with Crippen LogP contribution in [0.3, 0.4) is 0 Å². The summed E-state index contributed by atoms with van der Waals surface area (Å²) in [4.78, 5) is 1.43. The summed E-state index contributed by atoms with van der Waals surface area (Å²) in [5, 5.41) is 3.54. The van der Waals surface area contributed by atoms with E-state index in [0.717, 1.165) is 21.2 Å². The predicted octanol–water partition coefficient (Wildman–Crippen LogP) is 5.51. The van der Waals surface area contributed by atoms with E-state index >= 15 is 0 Å². The van der Waals surface area contributed by atoms with Gasteiger partial charge in [-0.25, -0.2) is 0 Å². The highest BCUT2D eigenvalue weighted by Gasteiger charge is 2.22. The minimum absolute atomic E-state index is 0.594. The number of rotatable bonds is 3. The Kier molecular flexibility index (Phi) is 4.20. The van der Waals surface area contributed by atoms with Crippen LogP contribution in [0.1, 0.15) is 11.5 Å². The number of nitrogens with one attached hydrogen (secondary N) is 1. The molecule has 1 aliphatic heterocycles. The number of benzene rings is 2. The molecular weight excluding hydrogens is 386 g/mol. The molecule has 1 aliphatic rings. The fourth-order valence-electron chi connectivity index (χ4n) is 2.26. The minimum Gasteiger partial charge on any atom is -0.383 e. The van der Waals surface area contributed by atoms with Crippen molar-refractivity contribution in [2.24, 2.45) is 0 Å². The van der Waals surface area contributed by atoms with Crippen molar-refractivity contribution in [1.29, 1.82) is 0 Å². The first kappa shape index (κ1) is 13.5. The molecule has 19 heavy (non-hydrogen) atoms. The fraction of sp³-hybridized carbons (Fsp3) is 0.200. The van der Waals surface area contributed by atoms with Crippen LogP contribution in [0.4, 0.5) is 5.69 Å². The smallest absolute Gasteiger partial charge is 0.0485 e. The van der Waals surface area contributed by atoms with E-state index in [1.807, 2.05) is 11.8 Å². The zero-order chi connectivity index (χ0) is 13.2. The topological polar surface area (TPSA) is 12.0 Å². The first-order valence-corrected chi connectivity index (χ1v) is 8.72. The van der Waals surface area contributed by atoms with E-state index in [1.54, 1.807) is 0 Å². The van der Waals surface area contributed by atoms with E-state index in [2.05, 4.69) is 79.6 Å². The second-order valence-corrected chi connectivity index (χ2v) is 7.38. The number of fused-ring (bicyclic) bond motifs is 1. The normalized spacial score (nSPS) is 17.3. The molecule has 0 aliphatic carbocycles. The summed E-state index contributed by atoms with van der Waals surface area (Å²) in [5.41, 5.74) is 2.63. The maximum atomic E-state index is 3.59. The fourth-order valence-corrected chi connectivity index (χ4v) is 4.71. The van der Waals surface area contributed by atoms with Crippen LogP contribution in [0.2, 0.25) is 0 Å². The van der Waals surface area contributed by atoms with Crippen molar-refractivity contribution < 1.29 is 0 Å². The average molecular weight is 399 g/mol. The van der Waals surface area contributed by atoms with Crippen molar-refractivity contribution in [1.82, 2.24) is 0 Å². The molecule has 0 spiro atoms. The number of thioether (sulfide) groups is 1. The van der Waals surface area contributed by atoms with Gasteiger partial charge in [0.15, 0.2) is 0 Å². The van der Waals surface area contributed by atoms with Crippen LogP contribution in [-0.4, -0.2) is 12.3 Å². The van der Waals surface area contributed by atoms with Crippen LogP contribution >= 0.6 is 43.6 Å².